The first kappa shape index (κ1) is 8.00. The van der Waals surface area contributed by atoms with Crippen LogP contribution in [0.15, 0.2) is 0 Å². The van der Waals surface area contributed by atoms with Crippen LogP contribution in [-0.2, 0) is 13.5 Å². The molecule has 11 heavy (non-hydrogen) atoms. The molecule has 1 aromatic rings. The molecule has 1 rings (SSSR count). The van der Waals surface area contributed by atoms with E-state index in [1.165, 1.54) is 0 Å². The summed E-state index contributed by atoms with van der Waals surface area (Å²) in [7, 11) is 1.77. The van der Waals surface area contributed by atoms with Crippen LogP contribution in [0.5, 0.6) is 0 Å². The van der Waals surface area contributed by atoms with E-state index in [1.807, 2.05) is 0 Å². The van der Waals surface area contributed by atoms with Crippen LogP contribution in [0.2, 0.25) is 0 Å². The van der Waals surface area contributed by atoms with Crippen molar-refractivity contribution in [2.24, 2.45) is 12.8 Å². The lowest BCUT2D eigenvalue weighted by Crippen LogP contribution is -2.01. The molecule has 0 aliphatic carbocycles. The fraction of sp³-hybridized carbons (Fsp3) is 0.667. The van der Waals surface area contributed by atoms with Gasteiger partial charge in [0, 0.05) is 13.5 Å². The third-order valence-corrected chi connectivity index (χ3v) is 1.45. The van der Waals surface area contributed by atoms with E-state index in [0.29, 0.717) is 12.5 Å². The molecule has 0 unspecified atom stereocenters. The van der Waals surface area contributed by atoms with E-state index in [2.05, 4.69) is 10.1 Å². The highest BCUT2D eigenvalue weighted by molar-refractivity contribution is 5.15. The molecule has 0 aliphatic heterocycles. The van der Waals surface area contributed by atoms with Gasteiger partial charge in [-0.05, 0) is 13.0 Å². The molecule has 0 aromatic carbocycles. The number of hydrogen-bond acceptors (Lipinski definition) is 4. The van der Waals surface area contributed by atoms with Gasteiger partial charge in [0.15, 0.2) is 5.82 Å². The van der Waals surface area contributed by atoms with E-state index in [-0.39, 0.29) is 0 Å². The molecule has 0 bridgehead atoms. The number of nitrogen functional groups attached to an aromatic ring is 1. The highest BCUT2D eigenvalue weighted by Crippen LogP contribution is 1.99. The zero-order valence-corrected chi connectivity index (χ0v) is 6.62. The maximum absolute atomic E-state index is 5.47. The smallest absolute Gasteiger partial charge is 0.218 e. The van der Waals surface area contributed by atoms with E-state index < -0.39 is 0 Å². The lowest BCUT2D eigenvalue weighted by atomic mass is 10.3. The number of hydrogen-bond donors (Lipinski definition) is 2. The number of rotatable bonds is 3. The molecule has 0 amide bonds. The molecular weight excluding hydrogens is 142 g/mol. The molecule has 0 saturated heterocycles. The van der Waals surface area contributed by atoms with Gasteiger partial charge < -0.3 is 11.5 Å². The summed E-state index contributed by atoms with van der Waals surface area (Å²) in [6, 6.07) is 0. The highest BCUT2D eigenvalue weighted by atomic mass is 15.4. The summed E-state index contributed by atoms with van der Waals surface area (Å²) < 4.78 is 1.56. The summed E-state index contributed by atoms with van der Waals surface area (Å²) in [5.74, 6) is 1.23. The third-order valence-electron chi connectivity index (χ3n) is 1.45. The first-order valence-electron chi connectivity index (χ1n) is 3.59. The molecule has 0 fully saturated rings. The van der Waals surface area contributed by atoms with Crippen molar-refractivity contribution in [3.05, 3.63) is 5.82 Å². The topological polar surface area (TPSA) is 82.8 Å². The van der Waals surface area contributed by atoms with E-state index in [4.69, 9.17) is 11.5 Å². The quantitative estimate of drug-likeness (QED) is 0.604. The molecular formula is C6H13N5. The van der Waals surface area contributed by atoms with Crippen LogP contribution in [0.3, 0.4) is 0 Å². The largest absolute Gasteiger partial charge is 0.368 e. The van der Waals surface area contributed by atoms with Crippen molar-refractivity contribution in [2.75, 3.05) is 12.3 Å². The van der Waals surface area contributed by atoms with E-state index in [0.717, 1.165) is 18.7 Å². The summed E-state index contributed by atoms with van der Waals surface area (Å²) in [6.45, 7) is 0.665. The molecule has 0 radical (unpaired) electrons. The minimum Gasteiger partial charge on any atom is -0.368 e. The van der Waals surface area contributed by atoms with Gasteiger partial charge in [0.05, 0.1) is 0 Å². The Labute approximate surface area is 65.4 Å². The van der Waals surface area contributed by atoms with Crippen LogP contribution in [-0.4, -0.2) is 21.3 Å². The van der Waals surface area contributed by atoms with Crippen LogP contribution >= 0.6 is 0 Å². The van der Waals surface area contributed by atoms with Crippen LogP contribution in [0.25, 0.3) is 0 Å². The number of anilines is 1. The highest BCUT2D eigenvalue weighted by Gasteiger charge is 2.01. The molecule has 0 saturated carbocycles. The Morgan fingerprint density at radius 1 is 1.55 bits per heavy atom. The minimum absolute atomic E-state index is 0.456. The Hall–Kier alpha value is -1.10. The minimum atomic E-state index is 0.456. The molecule has 1 heterocycles. The Morgan fingerprint density at radius 3 is 2.73 bits per heavy atom. The van der Waals surface area contributed by atoms with E-state index >= 15 is 0 Å². The monoisotopic (exact) mass is 155 g/mol. The first-order chi connectivity index (χ1) is 5.24. The summed E-state index contributed by atoms with van der Waals surface area (Å²) >= 11 is 0. The van der Waals surface area contributed by atoms with Gasteiger partial charge in [0.2, 0.25) is 5.95 Å². The summed E-state index contributed by atoms with van der Waals surface area (Å²) in [5.41, 5.74) is 10.8. The van der Waals surface area contributed by atoms with Crippen LogP contribution in [0.4, 0.5) is 5.95 Å². The number of nitrogens with two attached hydrogens (primary N) is 2. The van der Waals surface area contributed by atoms with Gasteiger partial charge in [-0.1, -0.05) is 0 Å². The van der Waals surface area contributed by atoms with Gasteiger partial charge in [0.1, 0.15) is 0 Å². The second-order valence-electron chi connectivity index (χ2n) is 2.40. The van der Waals surface area contributed by atoms with Gasteiger partial charge in [-0.25, -0.2) is 4.68 Å². The van der Waals surface area contributed by atoms with Crippen molar-refractivity contribution in [2.45, 2.75) is 12.8 Å². The Kier molecular flexibility index (Phi) is 2.43. The normalized spacial score (nSPS) is 10.4. The zero-order valence-electron chi connectivity index (χ0n) is 6.62. The van der Waals surface area contributed by atoms with Crippen LogP contribution < -0.4 is 11.5 Å². The molecule has 4 N–H and O–H groups in total. The fourth-order valence-electron chi connectivity index (χ4n) is 0.817. The maximum atomic E-state index is 5.47. The lowest BCUT2D eigenvalue weighted by Gasteiger charge is -1.89. The molecule has 1 aromatic heterocycles. The summed E-state index contributed by atoms with van der Waals surface area (Å²) in [6.07, 6.45) is 1.71. The molecule has 0 atom stereocenters. The van der Waals surface area contributed by atoms with Gasteiger partial charge >= 0.3 is 0 Å². The predicted octanol–water partition coefficient (Wildman–Crippen LogP) is -0.711. The molecule has 62 valence electrons. The summed E-state index contributed by atoms with van der Waals surface area (Å²) in [5, 5.41) is 4.07. The SMILES string of the molecule is Cn1nc(CCCN)nc1N. The number of aromatic nitrogens is 3. The van der Waals surface area contributed by atoms with E-state index in [1.54, 1.807) is 11.7 Å². The van der Waals surface area contributed by atoms with Gasteiger partial charge in [-0.2, -0.15) is 10.1 Å². The van der Waals surface area contributed by atoms with Gasteiger partial charge in [-0.15, -0.1) is 0 Å². The van der Waals surface area contributed by atoms with Crippen molar-refractivity contribution in [3.63, 3.8) is 0 Å². The second kappa shape index (κ2) is 3.34. The fourth-order valence-corrected chi connectivity index (χ4v) is 0.817. The Morgan fingerprint density at radius 2 is 2.27 bits per heavy atom. The Balaban J connectivity index is 2.58. The van der Waals surface area contributed by atoms with Crippen molar-refractivity contribution in [1.29, 1.82) is 0 Å². The van der Waals surface area contributed by atoms with Crippen molar-refractivity contribution >= 4 is 5.95 Å². The average Bonchev–Trinajstić information content (AvgIpc) is 2.28. The standard InChI is InChI=1S/C6H13N5/c1-11-6(8)9-5(10-11)3-2-4-7/h2-4,7H2,1H3,(H2,8,9,10). The maximum Gasteiger partial charge on any atom is 0.218 e. The van der Waals surface area contributed by atoms with Crippen LogP contribution in [0.1, 0.15) is 12.2 Å². The number of aryl methyl sites for hydroxylation is 2. The number of nitrogens with zero attached hydrogens (tertiary/aromatic N) is 3. The van der Waals surface area contributed by atoms with Gasteiger partial charge in [0.25, 0.3) is 0 Å². The molecule has 0 aliphatic rings. The lowest BCUT2D eigenvalue weighted by molar-refractivity contribution is 0.726. The second-order valence-corrected chi connectivity index (χ2v) is 2.40. The third kappa shape index (κ3) is 1.91. The zero-order chi connectivity index (χ0) is 8.27. The Bertz CT molecular complexity index is 209. The molecule has 0 spiro atoms. The van der Waals surface area contributed by atoms with Crippen LogP contribution in [0, 0.1) is 0 Å². The van der Waals surface area contributed by atoms with Crippen molar-refractivity contribution < 1.29 is 0 Å². The summed E-state index contributed by atoms with van der Waals surface area (Å²) in [4.78, 5) is 4.02. The van der Waals surface area contributed by atoms with Gasteiger partial charge in [-0.3, -0.25) is 0 Å². The first-order valence-corrected chi connectivity index (χ1v) is 3.59. The molecule has 5 heteroatoms. The molecule has 5 nitrogen and oxygen atoms in total. The van der Waals surface area contributed by atoms with Crippen molar-refractivity contribution in [3.8, 4) is 0 Å². The van der Waals surface area contributed by atoms with Crippen molar-refractivity contribution in [1.82, 2.24) is 14.8 Å². The van der Waals surface area contributed by atoms with E-state index in [9.17, 15) is 0 Å². The predicted molar refractivity (Wildman–Crippen MR) is 42.8 cm³/mol. The average molecular weight is 155 g/mol.